The molecule has 2 fully saturated rings. The summed E-state index contributed by atoms with van der Waals surface area (Å²) in [7, 11) is 0. The number of allylic oxidation sites excluding steroid dienone is 4. The molecule has 0 saturated heterocycles. The largest absolute Gasteiger partial charge is 0.199 e. The van der Waals surface area contributed by atoms with E-state index in [1.165, 1.54) is 132 Å². The quantitative estimate of drug-likeness (QED) is 0.144. The Morgan fingerprint density at radius 1 is 0.806 bits per heavy atom. The number of rotatable bonds is 14. The molecule has 2 saturated carbocycles. The average molecular weight is 492 g/mol. The Hall–Kier alpha value is -1.88. The molecule has 0 spiro atoms. The molecule has 0 aliphatic heterocycles. The Morgan fingerprint density at radius 3 is 1.86 bits per heavy atom. The van der Waals surface area contributed by atoms with Crippen LogP contribution in [0.25, 0.3) is 0 Å². The highest BCUT2D eigenvalue weighted by molar-refractivity contribution is 5.22. The third kappa shape index (κ3) is 10.6. The summed E-state index contributed by atoms with van der Waals surface area (Å²) >= 11 is 0. The van der Waals surface area contributed by atoms with Crippen molar-refractivity contribution in [1.29, 1.82) is 5.26 Å². The van der Waals surface area contributed by atoms with E-state index < -0.39 is 5.83 Å². The van der Waals surface area contributed by atoms with E-state index in [-0.39, 0.29) is 0 Å². The van der Waals surface area contributed by atoms with Crippen LogP contribution in [0.3, 0.4) is 0 Å². The summed E-state index contributed by atoms with van der Waals surface area (Å²) in [6, 6.07) is 11.0. The topological polar surface area (TPSA) is 23.8 Å². The molecule has 0 unspecified atom stereocenters. The molecule has 0 atom stereocenters. The van der Waals surface area contributed by atoms with Gasteiger partial charge in [0.25, 0.3) is 0 Å². The molecule has 0 N–H and O–H groups in total. The lowest BCUT2D eigenvalue weighted by molar-refractivity contribution is 0.140. The van der Waals surface area contributed by atoms with E-state index in [4.69, 9.17) is 5.26 Å². The van der Waals surface area contributed by atoms with Crippen LogP contribution in [0.5, 0.6) is 0 Å². The first-order valence-corrected chi connectivity index (χ1v) is 15.2. The highest BCUT2D eigenvalue weighted by atomic mass is 19.1. The van der Waals surface area contributed by atoms with Crippen LogP contribution in [-0.4, -0.2) is 0 Å². The van der Waals surface area contributed by atoms with E-state index in [2.05, 4.69) is 31.2 Å². The van der Waals surface area contributed by atoms with Crippen LogP contribution >= 0.6 is 0 Å². The lowest BCUT2D eigenvalue weighted by Gasteiger charge is -2.38. The van der Waals surface area contributed by atoms with Crippen molar-refractivity contribution in [2.45, 2.75) is 122 Å². The molecule has 0 radical (unpaired) electrons. The summed E-state index contributed by atoms with van der Waals surface area (Å²) in [4.78, 5) is 0. The average Bonchev–Trinajstić information content (AvgIpc) is 2.92. The summed E-state index contributed by atoms with van der Waals surface area (Å²) < 4.78 is 12.8. The third-order valence-electron chi connectivity index (χ3n) is 9.10. The van der Waals surface area contributed by atoms with Crippen LogP contribution in [0.15, 0.2) is 48.3 Å². The van der Waals surface area contributed by atoms with Gasteiger partial charge in [-0.3, -0.25) is 0 Å². The normalized spacial score (nSPS) is 25.2. The molecule has 2 heteroatoms. The maximum atomic E-state index is 12.8. The zero-order valence-corrected chi connectivity index (χ0v) is 22.9. The fourth-order valence-electron chi connectivity index (χ4n) is 6.73. The van der Waals surface area contributed by atoms with Gasteiger partial charge < -0.3 is 0 Å². The molecule has 0 aromatic heterocycles. The Balaban J connectivity index is 1.22. The van der Waals surface area contributed by atoms with E-state index in [1.54, 1.807) is 6.08 Å². The number of nitrogens with zero attached hydrogens (tertiary/aromatic N) is 1. The van der Waals surface area contributed by atoms with Gasteiger partial charge in [0.15, 0.2) is 5.83 Å². The zero-order valence-electron chi connectivity index (χ0n) is 22.9. The van der Waals surface area contributed by atoms with E-state index in [0.717, 1.165) is 30.1 Å². The molecule has 0 bridgehead atoms. The molecular formula is C34H50FN. The van der Waals surface area contributed by atoms with E-state index in [0.29, 0.717) is 0 Å². The first-order valence-electron chi connectivity index (χ1n) is 15.2. The maximum absolute atomic E-state index is 12.8. The smallest absolute Gasteiger partial charge is 0.195 e. The highest BCUT2D eigenvalue weighted by Gasteiger charge is 2.30. The molecular weight excluding hydrogens is 441 g/mol. The van der Waals surface area contributed by atoms with Crippen molar-refractivity contribution in [3.05, 3.63) is 59.4 Å². The second-order valence-electron chi connectivity index (χ2n) is 11.7. The van der Waals surface area contributed by atoms with Crippen LogP contribution in [0.1, 0.15) is 121 Å². The van der Waals surface area contributed by atoms with Crippen LogP contribution < -0.4 is 0 Å². The molecule has 36 heavy (non-hydrogen) atoms. The number of nitriles is 1. The number of halogens is 1. The van der Waals surface area contributed by atoms with E-state index in [1.807, 2.05) is 6.08 Å². The van der Waals surface area contributed by atoms with Crippen molar-refractivity contribution >= 4 is 0 Å². The minimum Gasteiger partial charge on any atom is -0.195 e. The number of hydrogen-bond acceptors (Lipinski definition) is 1. The monoisotopic (exact) mass is 491 g/mol. The fraction of sp³-hybridized carbons (Fsp3) is 0.676. The molecule has 2 aliphatic carbocycles. The Labute approximate surface area is 221 Å². The lowest BCUT2D eigenvalue weighted by Crippen LogP contribution is -2.25. The second-order valence-corrected chi connectivity index (χ2v) is 11.7. The van der Waals surface area contributed by atoms with Gasteiger partial charge in [-0.05, 0) is 105 Å². The summed E-state index contributed by atoms with van der Waals surface area (Å²) in [6.07, 6.45) is 29.3. The van der Waals surface area contributed by atoms with Gasteiger partial charge in [-0.1, -0.05) is 94.7 Å². The van der Waals surface area contributed by atoms with E-state index in [9.17, 15) is 4.39 Å². The van der Waals surface area contributed by atoms with Crippen molar-refractivity contribution in [1.82, 2.24) is 0 Å². The van der Waals surface area contributed by atoms with Crippen LogP contribution in [0, 0.1) is 35.0 Å². The van der Waals surface area contributed by atoms with Gasteiger partial charge >= 0.3 is 0 Å². The van der Waals surface area contributed by atoms with Gasteiger partial charge in [0.2, 0.25) is 0 Å². The van der Waals surface area contributed by atoms with Crippen molar-refractivity contribution in [3.63, 3.8) is 0 Å². The predicted octanol–water partition coefficient (Wildman–Crippen LogP) is 10.5. The van der Waals surface area contributed by atoms with Crippen molar-refractivity contribution in [2.75, 3.05) is 0 Å². The molecule has 3 rings (SSSR count). The minimum absolute atomic E-state index is 0.708. The minimum atomic E-state index is -0.708. The Bertz CT molecular complexity index is 814. The number of benzene rings is 1. The SMILES string of the molecule is CCCCCc1ccc(CCCC[C@H]2CC[C@H](C3CCC(CC/C=C/C=C(\F)C#N)CC3)CC2)cc1. The Kier molecular flexibility index (Phi) is 13.4. The number of hydrogen-bond donors (Lipinski definition) is 0. The highest BCUT2D eigenvalue weighted by Crippen LogP contribution is 2.43. The molecule has 1 nitrogen and oxygen atoms in total. The molecule has 198 valence electrons. The van der Waals surface area contributed by atoms with Gasteiger partial charge in [0.05, 0.1) is 0 Å². The van der Waals surface area contributed by atoms with Crippen molar-refractivity contribution in [2.24, 2.45) is 23.7 Å². The number of aryl methyl sites for hydroxylation is 2. The molecule has 1 aromatic rings. The summed E-state index contributed by atoms with van der Waals surface area (Å²) in [5.41, 5.74) is 3.03. The molecule has 2 aliphatic rings. The van der Waals surface area contributed by atoms with Crippen LogP contribution in [0.2, 0.25) is 0 Å². The predicted molar refractivity (Wildman–Crippen MR) is 151 cm³/mol. The standard InChI is InChI=1S/C34H50FN/c1-2-3-5-10-28-15-17-29(18-16-28)12-8-9-13-31-21-25-33(26-22-31)32-23-19-30(20-24-32)11-6-4-7-14-34(35)27-36/h4,7,14-18,30-33H,2-3,5-6,8-13,19-26H2,1H3/b7-4+,34-14-/t30?,31-,32?,33-. The van der Waals surface area contributed by atoms with Gasteiger partial charge in [0, 0.05) is 0 Å². The van der Waals surface area contributed by atoms with Crippen molar-refractivity contribution in [3.8, 4) is 6.07 Å². The van der Waals surface area contributed by atoms with Gasteiger partial charge in [0.1, 0.15) is 6.07 Å². The molecule has 0 heterocycles. The van der Waals surface area contributed by atoms with Gasteiger partial charge in [-0.2, -0.15) is 9.65 Å². The fourth-order valence-corrected chi connectivity index (χ4v) is 6.73. The first kappa shape index (κ1) is 28.7. The van der Waals surface area contributed by atoms with Crippen LogP contribution in [0.4, 0.5) is 4.39 Å². The number of unbranched alkanes of at least 4 members (excludes halogenated alkanes) is 3. The van der Waals surface area contributed by atoms with Gasteiger partial charge in [-0.15, -0.1) is 0 Å². The molecule has 1 aromatic carbocycles. The second kappa shape index (κ2) is 16.8. The lowest BCUT2D eigenvalue weighted by atomic mass is 9.68. The summed E-state index contributed by atoms with van der Waals surface area (Å²) in [5, 5.41) is 8.43. The first-order chi connectivity index (χ1) is 17.7. The Morgan fingerprint density at radius 2 is 1.33 bits per heavy atom. The maximum Gasteiger partial charge on any atom is 0.199 e. The van der Waals surface area contributed by atoms with Crippen LogP contribution in [-0.2, 0) is 12.8 Å². The zero-order chi connectivity index (χ0) is 25.4. The van der Waals surface area contributed by atoms with E-state index >= 15 is 0 Å². The third-order valence-corrected chi connectivity index (χ3v) is 9.10. The molecule has 0 amide bonds. The van der Waals surface area contributed by atoms with Gasteiger partial charge in [-0.25, -0.2) is 0 Å². The van der Waals surface area contributed by atoms with Crippen molar-refractivity contribution < 1.29 is 4.39 Å². The summed E-state index contributed by atoms with van der Waals surface area (Å²) in [6.45, 7) is 2.27. The summed E-state index contributed by atoms with van der Waals surface area (Å²) in [5.74, 6) is 3.06.